The van der Waals surface area contributed by atoms with Crippen molar-refractivity contribution < 1.29 is 9.21 Å². The predicted octanol–water partition coefficient (Wildman–Crippen LogP) is 0.533. The Kier molecular flexibility index (Phi) is 3.84. The lowest BCUT2D eigenvalue weighted by Crippen LogP contribution is -2.50. The summed E-state index contributed by atoms with van der Waals surface area (Å²) < 4.78 is 5.36. The molecule has 1 aromatic rings. The van der Waals surface area contributed by atoms with E-state index in [0.29, 0.717) is 18.2 Å². The number of piperazine rings is 1. The van der Waals surface area contributed by atoms with Gasteiger partial charge in [0.15, 0.2) is 0 Å². The minimum absolute atomic E-state index is 0.323. The molecule has 5 heteroatoms. The van der Waals surface area contributed by atoms with Gasteiger partial charge in [0.2, 0.25) is 5.91 Å². The van der Waals surface area contributed by atoms with E-state index < -0.39 is 0 Å². The molecule has 5 nitrogen and oxygen atoms in total. The average molecular weight is 263 g/mol. The summed E-state index contributed by atoms with van der Waals surface area (Å²) in [7, 11) is 0. The van der Waals surface area contributed by atoms with Gasteiger partial charge in [-0.25, -0.2) is 0 Å². The lowest BCUT2D eigenvalue weighted by Gasteiger charge is -2.36. The smallest absolute Gasteiger partial charge is 0.223 e. The zero-order valence-electron chi connectivity index (χ0n) is 11.2. The van der Waals surface area contributed by atoms with E-state index in [1.807, 2.05) is 17.0 Å². The molecule has 2 aliphatic rings. The highest BCUT2D eigenvalue weighted by molar-refractivity contribution is 5.76. The van der Waals surface area contributed by atoms with Crippen molar-refractivity contribution >= 4 is 5.91 Å². The summed E-state index contributed by atoms with van der Waals surface area (Å²) in [5.41, 5.74) is 0. The number of hydrogen-bond acceptors (Lipinski definition) is 4. The summed E-state index contributed by atoms with van der Waals surface area (Å²) in [6.45, 7) is 6.43. The van der Waals surface area contributed by atoms with Gasteiger partial charge >= 0.3 is 0 Å². The highest BCUT2D eigenvalue weighted by atomic mass is 16.3. The Labute approximate surface area is 113 Å². The molecular weight excluding hydrogens is 242 g/mol. The van der Waals surface area contributed by atoms with Crippen LogP contribution in [0, 0.1) is 5.92 Å². The van der Waals surface area contributed by atoms with Crippen LogP contribution in [-0.2, 0) is 11.3 Å². The second kappa shape index (κ2) is 5.75. The number of amides is 1. The second-order valence-electron chi connectivity index (χ2n) is 5.46. The first kappa shape index (κ1) is 12.7. The fraction of sp³-hybridized carbons (Fsp3) is 0.643. The Bertz CT molecular complexity index is 406. The van der Waals surface area contributed by atoms with Crippen LogP contribution in [0.25, 0.3) is 0 Å². The summed E-state index contributed by atoms with van der Waals surface area (Å²) in [4.78, 5) is 16.4. The van der Waals surface area contributed by atoms with Gasteiger partial charge in [-0.05, 0) is 31.1 Å². The lowest BCUT2D eigenvalue weighted by atomic mass is 9.98. The van der Waals surface area contributed by atoms with Crippen LogP contribution in [0.3, 0.4) is 0 Å². The van der Waals surface area contributed by atoms with Gasteiger partial charge in [-0.3, -0.25) is 9.69 Å². The number of carbonyl (C=O) groups excluding carboxylic acids is 1. The van der Waals surface area contributed by atoms with Gasteiger partial charge in [0.25, 0.3) is 0 Å². The van der Waals surface area contributed by atoms with Crippen molar-refractivity contribution in [3.05, 3.63) is 24.2 Å². The van der Waals surface area contributed by atoms with E-state index in [2.05, 4.69) is 10.2 Å². The first-order valence-electron chi connectivity index (χ1n) is 7.04. The standard InChI is InChI=1S/C14H21N3O2/c18-14(8-12-9-15-10-12)17-5-3-16(4-6-17)11-13-2-1-7-19-13/h1-2,7,12,15H,3-6,8-11H2. The first-order valence-corrected chi connectivity index (χ1v) is 7.04. The Balaban J connectivity index is 1.42. The molecule has 0 atom stereocenters. The van der Waals surface area contributed by atoms with E-state index in [0.717, 1.165) is 51.6 Å². The van der Waals surface area contributed by atoms with Crippen molar-refractivity contribution in [1.29, 1.82) is 0 Å². The van der Waals surface area contributed by atoms with Crippen LogP contribution in [0.1, 0.15) is 12.2 Å². The van der Waals surface area contributed by atoms with Crippen molar-refractivity contribution in [3.63, 3.8) is 0 Å². The predicted molar refractivity (Wildman–Crippen MR) is 71.5 cm³/mol. The molecule has 0 spiro atoms. The Hall–Kier alpha value is -1.33. The van der Waals surface area contributed by atoms with Crippen LogP contribution in [-0.4, -0.2) is 55.0 Å². The van der Waals surface area contributed by atoms with E-state index in [1.54, 1.807) is 6.26 Å². The van der Waals surface area contributed by atoms with Crippen molar-refractivity contribution in [2.75, 3.05) is 39.3 Å². The maximum absolute atomic E-state index is 12.1. The molecule has 0 saturated carbocycles. The normalized spacial score (nSPS) is 21.4. The third-order valence-electron chi connectivity index (χ3n) is 4.01. The average Bonchev–Trinajstić information content (AvgIpc) is 2.87. The molecule has 19 heavy (non-hydrogen) atoms. The Morgan fingerprint density at radius 1 is 1.32 bits per heavy atom. The van der Waals surface area contributed by atoms with Gasteiger partial charge in [-0.2, -0.15) is 0 Å². The molecule has 1 aromatic heterocycles. The molecule has 0 bridgehead atoms. The van der Waals surface area contributed by atoms with Gasteiger partial charge in [0.05, 0.1) is 12.8 Å². The number of nitrogens with zero attached hydrogens (tertiary/aromatic N) is 2. The van der Waals surface area contributed by atoms with E-state index in [9.17, 15) is 4.79 Å². The number of nitrogens with one attached hydrogen (secondary N) is 1. The summed E-state index contributed by atoms with van der Waals surface area (Å²) in [6, 6.07) is 3.92. The van der Waals surface area contributed by atoms with E-state index in [1.165, 1.54) is 0 Å². The van der Waals surface area contributed by atoms with Crippen molar-refractivity contribution in [3.8, 4) is 0 Å². The lowest BCUT2D eigenvalue weighted by molar-refractivity contribution is -0.134. The zero-order valence-corrected chi connectivity index (χ0v) is 11.2. The fourth-order valence-corrected chi connectivity index (χ4v) is 2.65. The SMILES string of the molecule is O=C(CC1CNC1)N1CCN(Cc2ccco2)CC1. The molecular formula is C14H21N3O2. The molecule has 1 amide bonds. The third kappa shape index (κ3) is 3.16. The van der Waals surface area contributed by atoms with Crippen LogP contribution >= 0.6 is 0 Å². The molecule has 2 aliphatic heterocycles. The number of carbonyl (C=O) groups is 1. The molecule has 2 saturated heterocycles. The van der Waals surface area contributed by atoms with Gasteiger partial charge in [0, 0.05) is 32.6 Å². The molecule has 104 valence electrons. The largest absolute Gasteiger partial charge is 0.468 e. The maximum atomic E-state index is 12.1. The summed E-state index contributed by atoms with van der Waals surface area (Å²) in [5.74, 6) is 1.89. The molecule has 1 N–H and O–H groups in total. The van der Waals surface area contributed by atoms with E-state index >= 15 is 0 Å². The quantitative estimate of drug-likeness (QED) is 0.861. The first-order chi connectivity index (χ1) is 9.31. The Morgan fingerprint density at radius 2 is 2.11 bits per heavy atom. The molecule has 3 heterocycles. The van der Waals surface area contributed by atoms with Crippen molar-refractivity contribution in [2.45, 2.75) is 13.0 Å². The molecule has 0 aromatic carbocycles. The number of rotatable bonds is 4. The van der Waals surface area contributed by atoms with Crippen LogP contribution in [0.2, 0.25) is 0 Å². The monoisotopic (exact) mass is 263 g/mol. The van der Waals surface area contributed by atoms with Gasteiger partial charge < -0.3 is 14.6 Å². The molecule has 0 unspecified atom stereocenters. The summed E-state index contributed by atoms with van der Waals surface area (Å²) in [5, 5.41) is 3.21. The maximum Gasteiger partial charge on any atom is 0.223 e. The van der Waals surface area contributed by atoms with Crippen LogP contribution < -0.4 is 5.32 Å². The summed E-state index contributed by atoms with van der Waals surface area (Å²) >= 11 is 0. The summed E-state index contributed by atoms with van der Waals surface area (Å²) in [6.07, 6.45) is 2.42. The molecule has 3 rings (SSSR count). The van der Waals surface area contributed by atoms with Crippen molar-refractivity contribution in [1.82, 2.24) is 15.1 Å². The molecule has 0 radical (unpaired) electrons. The van der Waals surface area contributed by atoms with Crippen LogP contribution in [0.4, 0.5) is 0 Å². The minimum atomic E-state index is 0.323. The molecule has 2 fully saturated rings. The van der Waals surface area contributed by atoms with Crippen LogP contribution in [0.5, 0.6) is 0 Å². The second-order valence-corrected chi connectivity index (χ2v) is 5.46. The Morgan fingerprint density at radius 3 is 2.68 bits per heavy atom. The number of furan rings is 1. The highest BCUT2D eigenvalue weighted by Crippen LogP contribution is 2.13. The van der Waals surface area contributed by atoms with E-state index in [4.69, 9.17) is 4.42 Å². The van der Waals surface area contributed by atoms with Crippen LogP contribution in [0.15, 0.2) is 22.8 Å². The van der Waals surface area contributed by atoms with Gasteiger partial charge in [-0.15, -0.1) is 0 Å². The van der Waals surface area contributed by atoms with E-state index in [-0.39, 0.29) is 0 Å². The zero-order chi connectivity index (χ0) is 13.1. The van der Waals surface area contributed by atoms with Crippen molar-refractivity contribution in [2.24, 2.45) is 5.92 Å². The highest BCUT2D eigenvalue weighted by Gasteiger charge is 2.26. The minimum Gasteiger partial charge on any atom is -0.468 e. The molecule has 0 aliphatic carbocycles. The third-order valence-corrected chi connectivity index (χ3v) is 4.01. The van der Waals surface area contributed by atoms with Gasteiger partial charge in [-0.1, -0.05) is 0 Å². The topological polar surface area (TPSA) is 48.7 Å². The van der Waals surface area contributed by atoms with Gasteiger partial charge in [0.1, 0.15) is 5.76 Å². The fourth-order valence-electron chi connectivity index (χ4n) is 2.65. The number of hydrogen-bond donors (Lipinski definition) is 1.